The van der Waals surface area contributed by atoms with Gasteiger partial charge in [-0.15, -0.1) is 36.2 Å². The van der Waals surface area contributed by atoms with Gasteiger partial charge in [-0.2, -0.15) is 0 Å². The van der Waals surface area contributed by atoms with Gasteiger partial charge >= 0.3 is 0 Å². The highest BCUT2D eigenvalue weighted by Crippen LogP contribution is 2.21. The van der Waals surface area contributed by atoms with E-state index in [0.717, 1.165) is 31.6 Å². The number of aromatic nitrogens is 1. The van der Waals surface area contributed by atoms with E-state index in [2.05, 4.69) is 20.5 Å². The summed E-state index contributed by atoms with van der Waals surface area (Å²) in [7, 11) is 0. The van der Waals surface area contributed by atoms with Gasteiger partial charge in [0.1, 0.15) is 0 Å². The van der Waals surface area contributed by atoms with Crippen molar-refractivity contribution in [1.29, 1.82) is 0 Å². The number of carbonyl (C=O) groups excluding carboxylic acids is 2. The fourth-order valence-electron chi connectivity index (χ4n) is 2.57. The molecule has 0 radical (unpaired) electrons. The maximum Gasteiger partial charge on any atom is 0.224 e. The average molecular weight is 398 g/mol. The van der Waals surface area contributed by atoms with Crippen LogP contribution in [0.5, 0.6) is 0 Å². The molecule has 1 aromatic rings. The zero-order valence-electron chi connectivity index (χ0n) is 13.6. The summed E-state index contributed by atoms with van der Waals surface area (Å²) in [4.78, 5) is 29.7. The second kappa shape index (κ2) is 11.6. The number of amides is 2. The van der Waals surface area contributed by atoms with Crippen molar-refractivity contribution in [1.82, 2.24) is 15.2 Å². The van der Waals surface area contributed by atoms with Gasteiger partial charge in [-0.05, 0) is 19.4 Å². The molecule has 0 saturated carbocycles. The van der Waals surface area contributed by atoms with Crippen LogP contribution in [-0.4, -0.2) is 47.9 Å². The maximum atomic E-state index is 12.0. The molecule has 0 spiro atoms. The third kappa shape index (κ3) is 7.31. The molecular formula is C14H25Cl2N5O2S. The molecule has 1 aliphatic rings. The Kier molecular flexibility index (Phi) is 11.1. The number of anilines is 1. The number of hydrogen-bond donors (Lipinski definition) is 3. The zero-order valence-corrected chi connectivity index (χ0v) is 16.1. The smallest absolute Gasteiger partial charge is 0.224 e. The molecule has 0 bridgehead atoms. The van der Waals surface area contributed by atoms with Gasteiger partial charge in [0.05, 0.1) is 11.6 Å². The Morgan fingerprint density at radius 1 is 1.46 bits per heavy atom. The lowest BCUT2D eigenvalue weighted by atomic mass is 9.97. The van der Waals surface area contributed by atoms with Gasteiger partial charge in [0.15, 0.2) is 5.13 Å². The minimum Gasteiger partial charge on any atom is -0.355 e. The third-order valence-electron chi connectivity index (χ3n) is 3.54. The Labute approximate surface area is 158 Å². The Morgan fingerprint density at radius 3 is 2.88 bits per heavy atom. The van der Waals surface area contributed by atoms with Crippen LogP contribution in [0.3, 0.4) is 0 Å². The van der Waals surface area contributed by atoms with E-state index >= 15 is 0 Å². The molecule has 10 heteroatoms. The SMILES string of the molecule is CC(=O)Nc1nc(CN2CCCC(C(=O)NCCN)C2)cs1.Cl.Cl. The topological polar surface area (TPSA) is 100 Å². The van der Waals surface area contributed by atoms with E-state index in [0.29, 0.717) is 24.8 Å². The summed E-state index contributed by atoms with van der Waals surface area (Å²) in [5, 5.41) is 8.12. The number of thiazole rings is 1. The minimum atomic E-state index is -0.115. The Hall–Kier alpha value is -0.930. The monoisotopic (exact) mass is 397 g/mol. The highest BCUT2D eigenvalue weighted by molar-refractivity contribution is 7.13. The van der Waals surface area contributed by atoms with Crippen molar-refractivity contribution in [2.75, 3.05) is 31.5 Å². The van der Waals surface area contributed by atoms with E-state index < -0.39 is 0 Å². The van der Waals surface area contributed by atoms with Crippen molar-refractivity contribution < 1.29 is 9.59 Å². The van der Waals surface area contributed by atoms with Crippen molar-refractivity contribution in [3.63, 3.8) is 0 Å². The minimum absolute atomic E-state index is 0. The molecule has 1 aliphatic heterocycles. The third-order valence-corrected chi connectivity index (χ3v) is 4.35. The van der Waals surface area contributed by atoms with Crippen LogP contribution in [0, 0.1) is 5.92 Å². The van der Waals surface area contributed by atoms with Crippen molar-refractivity contribution in [2.45, 2.75) is 26.3 Å². The fraction of sp³-hybridized carbons (Fsp3) is 0.643. The first kappa shape index (κ1) is 23.1. The maximum absolute atomic E-state index is 12.0. The van der Waals surface area contributed by atoms with Crippen LogP contribution in [0.15, 0.2) is 5.38 Å². The van der Waals surface area contributed by atoms with Gasteiger partial charge in [-0.3, -0.25) is 14.5 Å². The molecule has 2 heterocycles. The number of nitrogens with one attached hydrogen (secondary N) is 2. The van der Waals surface area contributed by atoms with Crippen LogP contribution in [-0.2, 0) is 16.1 Å². The summed E-state index contributed by atoms with van der Waals surface area (Å²) in [6.45, 7) is 4.87. The van der Waals surface area contributed by atoms with Crippen LogP contribution in [0.2, 0.25) is 0 Å². The van der Waals surface area contributed by atoms with Crippen molar-refractivity contribution >= 4 is 53.1 Å². The second-order valence-corrected chi connectivity index (χ2v) is 6.34. The van der Waals surface area contributed by atoms with E-state index in [-0.39, 0.29) is 42.5 Å². The van der Waals surface area contributed by atoms with Crippen molar-refractivity contribution in [3.05, 3.63) is 11.1 Å². The van der Waals surface area contributed by atoms with Gasteiger partial charge in [0, 0.05) is 38.5 Å². The summed E-state index contributed by atoms with van der Waals surface area (Å²) in [6, 6.07) is 0. The van der Waals surface area contributed by atoms with E-state index in [4.69, 9.17) is 5.73 Å². The summed E-state index contributed by atoms with van der Waals surface area (Å²) in [5.41, 5.74) is 6.34. The average Bonchev–Trinajstić information content (AvgIpc) is 2.91. The van der Waals surface area contributed by atoms with Gasteiger partial charge in [0.25, 0.3) is 0 Å². The quantitative estimate of drug-likeness (QED) is 0.669. The molecule has 2 rings (SSSR count). The first-order chi connectivity index (χ1) is 10.6. The normalized spacial score (nSPS) is 17.3. The Balaban J connectivity index is 0.00000264. The summed E-state index contributed by atoms with van der Waals surface area (Å²) in [6.07, 6.45) is 1.92. The first-order valence-electron chi connectivity index (χ1n) is 7.50. The Morgan fingerprint density at radius 2 is 2.21 bits per heavy atom. The molecule has 7 nitrogen and oxygen atoms in total. The molecule has 1 atom stereocenters. The van der Waals surface area contributed by atoms with Crippen LogP contribution >= 0.6 is 36.2 Å². The predicted octanol–water partition coefficient (Wildman–Crippen LogP) is 1.23. The highest BCUT2D eigenvalue weighted by atomic mass is 35.5. The van der Waals surface area contributed by atoms with E-state index in [1.807, 2.05) is 5.38 Å². The zero-order chi connectivity index (χ0) is 15.9. The number of nitrogens with zero attached hydrogens (tertiary/aromatic N) is 2. The standard InChI is InChI=1S/C14H23N5O2S.2ClH/c1-10(20)17-14-18-12(9-22-14)8-19-6-2-3-11(7-19)13(21)16-5-4-15;;/h9,11H,2-8,15H2,1H3,(H,16,21)(H,17,18,20);2*1H. The van der Waals surface area contributed by atoms with E-state index in [9.17, 15) is 9.59 Å². The molecule has 2 amide bonds. The number of halogens is 2. The van der Waals surface area contributed by atoms with Gasteiger partial charge < -0.3 is 16.4 Å². The van der Waals surface area contributed by atoms with Crippen LogP contribution in [0.4, 0.5) is 5.13 Å². The summed E-state index contributed by atoms with van der Waals surface area (Å²) >= 11 is 1.42. The molecule has 24 heavy (non-hydrogen) atoms. The number of hydrogen-bond acceptors (Lipinski definition) is 6. The van der Waals surface area contributed by atoms with Gasteiger partial charge in [-0.25, -0.2) is 4.98 Å². The van der Waals surface area contributed by atoms with Crippen LogP contribution in [0.1, 0.15) is 25.5 Å². The summed E-state index contributed by atoms with van der Waals surface area (Å²) < 4.78 is 0. The fourth-order valence-corrected chi connectivity index (χ4v) is 3.32. The molecule has 4 N–H and O–H groups in total. The van der Waals surface area contributed by atoms with Crippen molar-refractivity contribution in [3.8, 4) is 0 Å². The number of likely N-dealkylation sites (tertiary alicyclic amines) is 1. The Bertz CT molecular complexity index is 529. The molecule has 1 aromatic heterocycles. The molecule has 1 saturated heterocycles. The predicted molar refractivity (Wildman–Crippen MR) is 101 cm³/mol. The number of carbonyl (C=O) groups is 2. The van der Waals surface area contributed by atoms with Gasteiger partial charge in [0.2, 0.25) is 11.8 Å². The highest BCUT2D eigenvalue weighted by Gasteiger charge is 2.25. The summed E-state index contributed by atoms with van der Waals surface area (Å²) in [5.74, 6) is -0.00312. The van der Waals surface area contributed by atoms with Crippen LogP contribution in [0.25, 0.3) is 0 Å². The molecular weight excluding hydrogens is 373 g/mol. The lowest BCUT2D eigenvalue weighted by molar-refractivity contribution is -0.126. The largest absolute Gasteiger partial charge is 0.355 e. The number of nitrogens with two attached hydrogens (primary N) is 1. The molecule has 0 aromatic carbocycles. The number of piperidine rings is 1. The molecule has 1 fully saturated rings. The lowest BCUT2D eigenvalue weighted by Gasteiger charge is -2.31. The van der Waals surface area contributed by atoms with Crippen LogP contribution < -0.4 is 16.4 Å². The van der Waals surface area contributed by atoms with E-state index in [1.54, 1.807) is 0 Å². The molecule has 1 unspecified atom stereocenters. The van der Waals surface area contributed by atoms with Gasteiger partial charge in [-0.1, -0.05) is 0 Å². The molecule has 138 valence electrons. The second-order valence-electron chi connectivity index (χ2n) is 5.48. The lowest BCUT2D eigenvalue weighted by Crippen LogP contribution is -2.43. The first-order valence-corrected chi connectivity index (χ1v) is 8.38. The van der Waals surface area contributed by atoms with Crippen molar-refractivity contribution in [2.24, 2.45) is 11.7 Å². The number of rotatable bonds is 6. The van der Waals surface area contributed by atoms with E-state index in [1.165, 1.54) is 18.3 Å². The molecule has 0 aliphatic carbocycles.